The lowest BCUT2D eigenvalue weighted by Crippen LogP contribution is -2.57. The third-order valence-corrected chi connectivity index (χ3v) is 3.03. The molecule has 0 aliphatic carbocycles. The predicted octanol–water partition coefficient (Wildman–Crippen LogP) is 0.481. The van der Waals surface area contributed by atoms with Gasteiger partial charge in [-0.3, -0.25) is 14.4 Å². The summed E-state index contributed by atoms with van der Waals surface area (Å²) in [5.74, 6) is -0.0802. The van der Waals surface area contributed by atoms with Crippen molar-refractivity contribution < 1.29 is 14.4 Å². The third kappa shape index (κ3) is 2.84. The molecule has 2 aliphatic rings. The van der Waals surface area contributed by atoms with Crippen LogP contribution in [0.2, 0.25) is 0 Å². The number of rotatable bonds is 2. The van der Waals surface area contributed by atoms with Crippen LogP contribution in [0.25, 0.3) is 0 Å². The van der Waals surface area contributed by atoms with Crippen molar-refractivity contribution in [2.45, 2.75) is 52.1 Å². The Morgan fingerprint density at radius 3 is 2.59 bits per heavy atom. The molecule has 2 amide bonds. The van der Waals surface area contributed by atoms with E-state index in [2.05, 4.69) is 5.32 Å². The smallest absolute Gasteiger partial charge is 0.243 e. The average molecular weight is 240 g/mol. The fourth-order valence-electron chi connectivity index (χ4n) is 2.42. The van der Waals surface area contributed by atoms with E-state index in [-0.39, 0.29) is 36.2 Å². The van der Waals surface area contributed by atoms with Gasteiger partial charge in [0.25, 0.3) is 0 Å². The van der Waals surface area contributed by atoms with Crippen LogP contribution >= 0.6 is 0 Å². The topological polar surface area (TPSA) is 66.5 Å². The molecule has 5 heteroatoms. The highest BCUT2D eigenvalue weighted by atomic mass is 16.2. The first kappa shape index (κ1) is 13.7. The Hall–Kier alpha value is -1.39. The van der Waals surface area contributed by atoms with E-state index in [1.165, 1.54) is 6.92 Å². The van der Waals surface area contributed by atoms with E-state index >= 15 is 0 Å². The summed E-state index contributed by atoms with van der Waals surface area (Å²) in [5, 5.41) is 2.56. The molecule has 2 rings (SSSR count). The summed E-state index contributed by atoms with van der Waals surface area (Å²) in [6.45, 7) is 5.59. The lowest BCUT2D eigenvalue weighted by atomic mass is 10.1. The minimum absolute atomic E-state index is 0.0638. The number of nitrogens with zero attached hydrogens (tertiary/aromatic N) is 1. The van der Waals surface area contributed by atoms with Gasteiger partial charge < -0.3 is 10.2 Å². The van der Waals surface area contributed by atoms with Crippen molar-refractivity contribution in [3.8, 4) is 0 Å². The van der Waals surface area contributed by atoms with E-state index in [0.717, 1.165) is 6.42 Å². The Bertz CT molecular complexity index is 328. The van der Waals surface area contributed by atoms with Gasteiger partial charge in [-0.05, 0) is 19.8 Å². The summed E-state index contributed by atoms with van der Waals surface area (Å²) >= 11 is 0. The van der Waals surface area contributed by atoms with Crippen molar-refractivity contribution in [3.63, 3.8) is 0 Å². The maximum atomic E-state index is 11.6. The SMILES string of the molecule is CC.CC(=O)CC1CCC2C(=O)NCC(=O)N12. The molecule has 2 heterocycles. The molecule has 2 unspecified atom stereocenters. The summed E-state index contributed by atoms with van der Waals surface area (Å²) in [7, 11) is 0. The standard InChI is InChI=1S/C10H14N2O3.C2H6/c1-6(13)4-7-2-3-8-10(15)11-5-9(14)12(7)8;1-2/h7-8H,2-5H2,1H3,(H,11,15);1-2H3. The van der Waals surface area contributed by atoms with Gasteiger partial charge in [-0.25, -0.2) is 0 Å². The number of fused-ring (bicyclic) bond motifs is 1. The number of amides is 2. The lowest BCUT2D eigenvalue weighted by molar-refractivity contribution is -0.145. The van der Waals surface area contributed by atoms with Gasteiger partial charge in [0.1, 0.15) is 11.8 Å². The zero-order chi connectivity index (χ0) is 13.0. The minimum Gasteiger partial charge on any atom is -0.345 e. The van der Waals surface area contributed by atoms with E-state index in [1.807, 2.05) is 13.8 Å². The molecule has 1 N–H and O–H groups in total. The van der Waals surface area contributed by atoms with Gasteiger partial charge in [-0.2, -0.15) is 0 Å². The first-order chi connectivity index (χ1) is 8.09. The van der Waals surface area contributed by atoms with Crippen LogP contribution in [0.15, 0.2) is 0 Å². The molecule has 2 fully saturated rings. The van der Waals surface area contributed by atoms with Crippen LogP contribution in [0.5, 0.6) is 0 Å². The molecule has 0 aromatic rings. The Labute approximate surface area is 102 Å². The molecule has 96 valence electrons. The number of Topliss-reactive ketones (excluding diaryl/α,β-unsaturated/α-hetero) is 1. The van der Waals surface area contributed by atoms with Crippen molar-refractivity contribution in [2.75, 3.05) is 6.54 Å². The highest BCUT2D eigenvalue weighted by Crippen LogP contribution is 2.28. The molecule has 0 radical (unpaired) electrons. The molecule has 0 bridgehead atoms. The molecule has 2 aliphatic heterocycles. The lowest BCUT2D eigenvalue weighted by Gasteiger charge is -2.33. The van der Waals surface area contributed by atoms with Crippen LogP contribution in [0, 0.1) is 0 Å². The largest absolute Gasteiger partial charge is 0.345 e. The van der Waals surface area contributed by atoms with E-state index in [0.29, 0.717) is 12.8 Å². The van der Waals surface area contributed by atoms with Crippen molar-refractivity contribution >= 4 is 17.6 Å². The number of hydrogen-bond acceptors (Lipinski definition) is 3. The van der Waals surface area contributed by atoms with Crippen LogP contribution < -0.4 is 5.32 Å². The normalized spacial score (nSPS) is 26.9. The van der Waals surface area contributed by atoms with Crippen molar-refractivity contribution in [3.05, 3.63) is 0 Å². The van der Waals surface area contributed by atoms with Gasteiger partial charge in [0.2, 0.25) is 11.8 Å². The van der Waals surface area contributed by atoms with Gasteiger partial charge >= 0.3 is 0 Å². The number of hydrogen-bond donors (Lipinski definition) is 1. The van der Waals surface area contributed by atoms with Crippen LogP contribution in [0.1, 0.15) is 40.0 Å². The first-order valence-electron chi connectivity index (χ1n) is 6.18. The minimum atomic E-state index is -0.337. The summed E-state index contributed by atoms with van der Waals surface area (Å²) in [4.78, 5) is 35.7. The molecule has 17 heavy (non-hydrogen) atoms. The molecule has 0 spiro atoms. The van der Waals surface area contributed by atoms with E-state index in [4.69, 9.17) is 0 Å². The zero-order valence-electron chi connectivity index (χ0n) is 10.7. The molecule has 2 atom stereocenters. The molecule has 0 saturated carbocycles. The molecule has 2 saturated heterocycles. The molecule has 0 aromatic heterocycles. The van der Waals surface area contributed by atoms with Crippen LogP contribution in [-0.4, -0.2) is 41.1 Å². The quantitative estimate of drug-likeness (QED) is 0.763. The first-order valence-corrected chi connectivity index (χ1v) is 6.18. The zero-order valence-corrected chi connectivity index (χ0v) is 10.7. The van der Waals surface area contributed by atoms with Crippen molar-refractivity contribution in [1.29, 1.82) is 0 Å². The Morgan fingerprint density at radius 2 is 2.00 bits per heavy atom. The number of carbonyl (C=O) groups is 3. The maximum absolute atomic E-state index is 11.6. The highest BCUT2D eigenvalue weighted by molar-refractivity contribution is 5.95. The molecule has 5 nitrogen and oxygen atoms in total. The van der Waals surface area contributed by atoms with E-state index in [1.54, 1.807) is 4.90 Å². The second kappa shape index (κ2) is 5.80. The molecular weight excluding hydrogens is 220 g/mol. The Balaban J connectivity index is 0.000000686. The highest BCUT2D eigenvalue weighted by Gasteiger charge is 2.43. The van der Waals surface area contributed by atoms with Crippen molar-refractivity contribution in [1.82, 2.24) is 10.2 Å². The molecule has 0 aromatic carbocycles. The predicted molar refractivity (Wildman–Crippen MR) is 63.3 cm³/mol. The number of ketones is 1. The second-order valence-corrected chi connectivity index (χ2v) is 4.17. The average Bonchev–Trinajstić information content (AvgIpc) is 2.71. The van der Waals surface area contributed by atoms with Gasteiger partial charge in [0.05, 0.1) is 6.54 Å². The van der Waals surface area contributed by atoms with Crippen molar-refractivity contribution in [2.24, 2.45) is 0 Å². The number of piperazine rings is 1. The van der Waals surface area contributed by atoms with E-state index < -0.39 is 0 Å². The summed E-state index contributed by atoms with van der Waals surface area (Å²) in [6.07, 6.45) is 1.80. The van der Waals surface area contributed by atoms with Gasteiger partial charge in [0, 0.05) is 12.5 Å². The summed E-state index contributed by atoms with van der Waals surface area (Å²) < 4.78 is 0. The van der Waals surface area contributed by atoms with Gasteiger partial charge in [0.15, 0.2) is 0 Å². The Kier molecular flexibility index (Phi) is 4.66. The fourth-order valence-corrected chi connectivity index (χ4v) is 2.42. The number of carbonyl (C=O) groups excluding carboxylic acids is 3. The fraction of sp³-hybridized carbons (Fsp3) is 0.750. The van der Waals surface area contributed by atoms with Crippen LogP contribution in [0.3, 0.4) is 0 Å². The second-order valence-electron chi connectivity index (χ2n) is 4.17. The third-order valence-electron chi connectivity index (χ3n) is 3.03. The van der Waals surface area contributed by atoms with E-state index in [9.17, 15) is 14.4 Å². The van der Waals surface area contributed by atoms with Gasteiger partial charge in [-0.1, -0.05) is 13.8 Å². The molecular formula is C12H20N2O3. The monoisotopic (exact) mass is 240 g/mol. The Morgan fingerprint density at radius 1 is 1.35 bits per heavy atom. The number of nitrogens with one attached hydrogen (secondary N) is 1. The maximum Gasteiger partial charge on any atom is 0.243 e. The van der Waals surface area contributed by atoms with Crippen LogP contribution in [-0.2, 0) is 14.4 Å². The van der Waals surface area contributed by atoms with Gasteiger partial charge in [-0.15, -0.1) is 0 Å². The van der Waals surface area contributed by atoms with Crippen LogP contribution in [0.4, 0.5) is 0 Å². The summed E-state index contributed by atoms with van der Waals surface area (Å²) in [6, 6.07) is -0.401. The summed E-state index contributed by atoms with van der Waals surface area (Å²) in [5.41, 5.74) is 0.